The molecule has 1 aromatic heterocycles. The zero-order valence-corrected chi connectivity index (χ0v) is 15.0. The van der Waals surface area contributed by atoms with Gasteiger partial charge in [-0.25, -0.2) is 13.8 Å². The molecule has 0 N–H and O–H groups in total. The Morgan fingerprint density at radius 2 is 2.04 bits per heavy atom. The highest BCUT2D eigenvalue weighted by molar-refractivity contribution is 6.42. The van der Waals surface area contributed by atoms with E-state index in [0.717, 1.165) is 17.5 Å². The topological polar surface area (TPSA) is 50.6 Å². The van der Waals surface area contributed by atoms with Crippen LogP contribution in [-0.2, 0) is 17.9 Å². The van der Waals surface area contributed by atoms with Crippen LogP contribution in [0.4, 0.5) is 8.78 Å². The first-order valence-corrected chi connectivity index (χ1v) is 8.35. The molecule has 136 valence electrons. The van der Waals surface area contributed by atoms with E-state index in [2.05, 4.69) is 15.0 Å². The smallest absolute Gasteiger partial charge is 0.231 e. The molecular formula is C18H17ClF2N4O. The molecule has 26 heavy (non-hydrogen) atoms. The lowest BCUT2D eigenvalue weighted by Gasteiger charge is -2.29. The van der Waals surface area contributed by atoms with Crippen LogP contribution in [0.2, 0.25) is 0 Å². The Labute approximate surface area is 155 Å². The van der Waals surface area contributed by atoms with Crippen molar-refractivity contribution in [1.29, 1.82) is 0 Å². The largest absolute Gasteiger partial charge is 0.472 e. The first-order valence-electron chi connectivity index (χ1n) is 7.98. The normalized spacial score (nSPS) is 17.0. The van der Waals surface area contributed by atoms with Crippen molar-refractivity contribution in [3.8, 4) is 0 Å². The molecule has 1 unspecified atom stereocenters. The van der Waals surface area contributed by atoms with Crippen molar-refractivity contribution in [3.63, 3.8) is 0 Å². The number of halogens is 3. The standard InChI is InChI=1S/C18H17ClF2N4O/c1-11-6-23-15(7-22-11)8-25-9-16(19)18(24-12(25)2)26-10-13-3-4-14(20)5-17(13)21/h3-7,9,12H,8,10H2,1-2H3. The number of aromatic nitrogens is 2. The minimum Gasteiger partial charge on any atom is -0.472 e. The number of nitrogens with zero attached hydrogens (tertiary/aromatic N) is 4. The summed E-state index contributed by atoms with van der Waals surface area (Å²) in [6.07, 6.45) is 4.87. The summed E-state index contributed by atoms with van der Waals surface area (Å²) in [5.74, 6) is -1.09. The summed E-state index contributed by atoms with van der Waals surface area (Å²) in [5.41, 5.74) is 1.86. The van der Waals surface area contributed by atoms with E-state index in [4.69, 9.17) is 16.3 Å². The number of aryl methyl sites for hydroxylation is 1. The summed E-state index contributed by atoms with van der Waals surface area (Å²) in [5, 5.41) is 0.297. The average Bonchev–Trinajstić information content (AvgIpc) is 2.60. The zero-order chi connectivity index (χ0) is 18.7. The molecule has 2 heterocycles. The third-order valence-corrected chi connectivity index (χ3v) is 4.09. The SMILES string of the molecule is Cc1cnc(CN2C=C(Cl)C(OCc3ccc(F)cc3F)=NC2C)cn1. The van der Waals surface area contributed by atoms with Crippen molar-refractivity contribution >= 4 is 17.5 Å². The van der Waals surface area contributed by atoms with Gasteiger partial charge in [0.05, 0.1) is 24.1 Å². The van der Waals surface area contributed by atoms with Gasteiger partial charge in [0, 0.05) is 24.0 Å². The first kappa shape index (κ1) is 18.3. The van der Waals surface area contributed by atoms with E-state index in [1.54, 1.807) is 18.6 Å². The van der Waals surface area contributed by atoms with Crippen molar-refractivity contribution in [3.05, 3.63) is 70.4 Å². The predicted molar refractivity (Wildman–Crippen MR) is 94.3 cm³/mol. The summed E-state index contributed by atoms with van der Waals surface area (Å²) in [4.78, 5) is 14.8. The Hall–Kier alpha value is -2.54. The number of aliphatic imine (C=N–C) groups is 1. The lowest BCUT2D eigenvalue weighted by atomic mass is 10.2. The van der Waals surface area contributed by atoms with E-state index in [1.807, 2.05) is 18.7 Å². The Morgan fingerprint density at radius 1 is 1.23 bits per heavy atom. The van der Waals surface area contributed by atoms with Crippen LogP contribution in [0.3, 0.4) is 0 Å². The van der Waals surface area contributed by atoms with Crippen LogP contribution < -0.4 is 0 Å². The lowest BCUT2D eigenvalue weighted by Crippen LogP contribution is -2.32. The Balaban J connectivity index is 1.65. The molecule has 5 nitrogen and oxygen atoms in total. The van der Waals surface area contributed by atoms with Crippen LogP contribution in [-0.4, -0.2) is 26.9 Å². The van der Waals surface area contributed by atoms with Crippen molar-refractivity contribution in [1.82, 2.24) is 14.9 Å². The molecule has 0 aliphatic carbocycles. The molecule has 0 radical (unpaired) electrons. The molecule has 0 saturated heterocycles. The second kappa shape index (κ2) is 7.78. The number of hydrogen-bond acceptors (Lipinski definition) is 5. The number of benzene rings is 1. The van der Waals surface area contributed by atoms with E-state index < -0.39 is 11.6 Å². The van der Waals surface area contributed by atoms with Gasteiger partial charge in [-0.2, -0.15) is 0 Å². The Morgan fingerprint density at radius 3 is 2.73 bits per heavy atom. The van der Waals surface area contributed by atoms with Gasteiger partial charge < -0.3 is 9.64 Å². The van der Waals surface area contributed by atoms with Crippen LogP contribution in [0.15, 0.2) is 46.8 Å². The number of hydrogen-bond donors (Lipinski definition) is 0. The molecule has 0 saturated carbocycles. The highest BCUT2D eigenvalue weighted by Crippen LogP contribution is 2.21. The monoisotopic (exact) mass is 378 g/mol. The number of ether oxygens (including phenoxy) is 1. The Bertz CT molecular complexity index is 855. The Kier molecular flexibility index (Phi) is 5.46. The second-order valence-electron chi connectivity index (χ2n) is 5.89. The maximum Gasteiger partial charge on any atom is 0.231 e. The molecule has 1 aliphatic heterocycles. The molecule has 2 aromatic rings. The second-order valence-corrected chi connectivity index (χ2v) is 6.30. The molecule has 0 spiro atoms. The summed E-state index contributed by atoms with van der Waals surface area (Å²) in [6, 6.07) is 3.32. The van der Waals surface area contributed by atoms with Crippen LogP contribution >= 0.6 is 11.6 Å². The molecule has 1 aliphatic rings. The quantitative estimate of drug-likeness (QED) is 0.809. The van der Waals surface area contributed by atoms with Crippen molar-refractivity contribution in [2.75, 3.05) is 0 Å². The van der Waals surface area contributed by atoms with Gasteiger partial charge in [0.25, 0.3) is 0 Å². The van der Waals surface area contributed by atoms with Crippen LogP contribution in [0, 0.1) is 18.6 Å². The van der Waals surface area contributed by atoms with E-state index in [9.17, 15) is 8.78 Å². The van der Waals surface area contributed by atoms with Gasteiger partial charge in [-0.1, -0.05) is 11.6 Å². The molecule has 0 amide bonds. The predicted octanol–water partition coefficient (Wildman–Crippen LogP) is 3.92. The highest BCUT2D eigenvalue weighted by atomic mass is 35.5. The van der Waals surface area contributed by atoms with E-state index in [0.29, 0.717) is 11.6 Å². The average molecular weight is 379 g/mol. The van der Waals surface area contributed by atoms with Crippen molar-refractivity contribution < 1.29 is 13.5 Å². The molecule has 8 heteroatoms. The highest BCUT2D eigenvalue weighted by Gasteiger charge is 2.21. The molecule has 1 aromatic carbocycles. The van der Waals surface area contributed by atoms with Gasteiger partial charge in [0.1, 0.15) is 29.4 Å². The maximum atomic E-state index is 13.7. The fraction of sp³-hybridized carbons (Fsp3) is 0.278. The van der Waals surface area contributed by atoms with E-state index in [-0.39, 0.29) is 24.2 Å². The summed E-state index contributed by atoms with van der Waals surface area (Å²) in [6.45, 7) is 4.15. The fourth-order valence-electron chi connectivity index (χ4n) is 2.37. The van der Waals surface area contributed by atoms with Gasteiger partial charge in [-0.3, -0.25) is 9.97 Å². The van der Waals surface area contributed by atoms with Gasteiger partial charge in [0.2, 0.25) is 5.90 Å². The molecule has 1 atom stereocenters. The summed E-state index contributed by atoms with van der Waals surface area (Å²) >= 11 is 6.24. The van der Waals surface area contributed by atoms with Gasteiger partial charge >= 0.3 is 0 Å². The maximum absolute atomic E-state index is 13.7. The van der Waals surface area contributed by atoms with Crippen molar-refractivity contribution in [2.24, 2.45) is 4.99 Å². The lowest BCUT2D eigenvalue weighted by molar-refractivity contribution is 0.248. The summed E-state index contributed by atoms with van der Waals surface area (Å²) in [7, 11) is 0. The summed E-state index contributed by atoms with van der Waals surface area (Å²) < 4.78 is 32.2. The molecule has 0 bridgehead atoms. The van der Waals surface area contributed by atoms with E-state index in [1.165, 1.54) is 12.1 Å². The van der Waals surface area contributed by atoms with Gasteiger partial charge in [-0.05, 0) is 26.0 Å². The zero-order valence-electron chi connectivity index (χ0n) is 14.3. The number of rotatable bonds is 4. The molecular weight excluding hydrogens is 362 g/mol. The van der Waals surface area contributed by atoms with Crippen LogP contribution in [0.5, 0.6) is 0 Å². The first-order chi connectivity index (χ1) is 12.4. The minimum atomic E-state index is -0.672. The van der Waals surface area contributed by atoms with Crippen LogP contribution in [0.25, 0.3) is 0 Å². The van der Waals surface area contributed by atoms with Crippen LogP contribution in [0.1, 0.15) is 23.9 Å². The fourth-order valence-corrected chi connectivity index (χ4v) is 2.60. The third kappa shape index (κ3) is 4.35. The van der Waals surface area contributed by atoms with Gasteiger partial charge in [-0.15, -0.1) is 0 Å². The van der Waals surface area contributed by atoms with Crippen molar-refractivity contribution in [2.45, 2.75) is 33.2 Å². The molecule has 0 fully saturated rings. The molecule has 3 rings (SSSR count). The third-order valence-electron chi connectivity index (χ3n) is 3.83. The van der Waals surface area contributed by atoms with E-state index >= 15 is 0 Å². The minimum absolute atomic E-state index is 0.0921. The van der Waals surface area contributed by atoms with Gasteiger partial charge in [0.15, 0.2) is 0 Å².